The fourth-order valence-corrected chi connectivity index (χ4v) is 2.41. The van der Waals surface area contributed by atoms with Crippen LogP contribution < -0.4 is 10.6 Å². The lowest BCUT2D eigenvalue weighted by Crippen LogP contribution is -2.50. The molecule has 1 amide bonds. The number of hydrogen-bond donors (Lipinski definition) is 3. The molecule has 200 valence electrons. The second-order valence-corrected chi connectivity index (χ2v) is 9.88. The van der Waals surface area contributed by atoms with Crippen molar-refractivity contribution in [3.8, 4) is 0 Å². The van der Waals surface area contributed by atoms with Crippen molar-refractivity contribution in [1.29, 1.82) is 0 Å². The highest BCUT2D eigenvalue weighted by atomic mass is 16.4. The van der Waals surface area contributed by atoms with Gasteiger partial charge in [0, 0.05) is 24.9 Å². The molecular weight excluding hydrogens is 438 g/mol. The number of carbonyl (C=O) groups excluding carboxylic acids is 1. The van der Waals surface area contributed by atoms with Gasteiger partial charge in [0.05, 0.1) is 12.6 Å². The molecule has 1 atom stereocenters. The molecule has 0 bridgehead atoms. The molecular formula is C29H51N3O3. The van der Waals surface area contributed by atoms with Crippen molar-refractivity contribution in [1.82, 2.24) is 15.5 Å². The lowest BCUT2D eigenvalue weighted by Gasteiger charge is -2.37. The minimum absolute atomic E-state index is 0.103. The van der Waals surface area contributed by atoms with Crippen LogP contribution in [0.4, 0.5) is 0 Å². The highest BCUT2D eigenvalue weighted by molar-refractivity contribution is 5.85. The smallest absolute Gasteiger partial charge is 0.331 e. The summed E-state index contributed by atoms with van der Waals surface area (Å²) in [5.41, 5.74) is 2.14. The molecule has 0 heterocycles. The summed E-state index contributed by atoms with van der Waals surface area (Å²) in [7, 11) is 3.54. The van der Waals surface area contributed by atoms with Gasteiger partial charge >= 0.3 is 5.97 Å². The average Bonchev–Trinajstić information content (AvgIpc) is 3.65. The van der Waals surface area contributed by atoms with E-state index in [1.54, 1.807) is 20.0 Å². The molecule has 1 saturated carbocycles. The predicted molar refractivity (Wildman–Crippen MR) is 149 cm³/mol. The summed E-state index contributed by atoms with van der Waals surface area (Å²) in [5.74, 6) is -1.04. The van der Waals surface area contributed by atoms with Crippen LogP contribution in [0, 0.1) is 12.3 Å². The first-order valence-corrected chi connectivity index (χ1v) is 12.6. The number of hydrogen-bond acceptors (Lipinski definition) is 4. The first kappa shape index (κ1) is 34.6. The van der Waals surface area contributed by atoms with Crippen LogP contribution in [0.5, 0.6) is 0 Å². The maximum absolute atomic E-state index is 11.9. The monoisotopic (exact) mass is 489 g/mol. The number of amides is 1. The maximum atomic E-state index is 11.9. The second kappa shape index (κ2) is 19.7. The molecule has 0 spiro atoms. The second-order valence-electron chi connectivity index (χ2n) is 9.88. The third kappa shape index (κ3) is 20.5. The molecule has 1 aromatic rings. The zero-order valence-corrected chi connectivity index (χ0v) is 23.7. The molecule has 1 unspecified atom stereocenters. The fraction of sp³-hybridized carbons (Fsp3) is 0.586. The molecule has 1 aliphatic rings. The summed E-state index contributed by atoms with van der Waals surface area (Å²) in [6.45, 7) is 18.7. The third-order valence-electron chi connectivity index (χ3n) is 4.63. The van der Waals surface area contributed by atoms with Gasteiger partial charge in [-0.25, -0.2) is 4.79 Å². The van der Waals surface area contributed by atoms with Gasteiger partial charge in [-0.1, -0.05) is 109 Å². The molecule has 0 aromatic heterocycles. The quantitative estimate of drug-likeness (QED) is 0.402. The molecule has 1 aromatic carbocycles. The number of aliphatic carboxylic acids is 1. The third-order valence-corrected chi connectivity index (χ3v) is 4.63. The topological polar surface area (TPSA) is 81.7 Å². The Bertz CT molecular complexity index is 747. The van der Waals surface area contributed by atoms with Gasteiger partial charge < -0.3 is 20.6 Å². The van der Waals surface area contributed by atoms with E-state index in [4.69, 9.17) is 5.11 Å². The van der Waals surface area contributed by atoms with Crippen LogP contribution in [-0.4, -0.2) is 55.1 Å². The van der Waals surface area contributed by atoms with E-state index in [2.05, 4.69) is 50.1 Å². The van der Waals surface area contributed by atoms with Crippen LogP contribution in [0.15, 0.2) is 54.3 Å². The van der Waals surface area contributed by atoms with E-state index in [-0.39, 0.29) is 29.5 Å². The predicted octanol–water partition coefficient (Wildman–Crippen LogP) is 5.79. The SMILES string of the molecule is C1CC1.C=C(C(NC(=O)CNC)C(C)(C)C)N(C)C/C=C(\C)C(=O)O.CCC.Cc1ccccc1. The lowest BCUT2D eigenvalue weighted by molar-refractivity contribution is -0.132. The summed E-state index contributed by atoms with van der Waals surface area (Å²) in [6, 6.07) is 10.0. The average molecular weight is 490 g/mol. The zero-order chi connectivity index (χ0) is 27.4. The van der Waals surface area contributed by atoms with E-state index in [0.29, 0.717) is 6.54 Å². The Kier molecular flexibility index (Phi) is 19.4. The molecule has 1 fully saturated rings. The highest BCUT2D eigenvalue weighted by Gasteiger charge is 2.30. The van der Waals surface area contributed by atoms with E-state index < -0.39 is 5.97 Å². The van der Waals surface area contributed by atoms with Crippen LogP contribution in [-0.2, 0) is 9.59 Å². The van der Waals surface area contributed by atoms with Gasteiger partial charge in [0.25, 0.3) is 0 Å². The van der Waals surface area contributed by atoms with E-state index in [1.807, 2.05) is 50.9 Å². The normalized spacial score (nSPS) is 12.8. The summed E-state index contributed by atoms with van der Waals surface area (Å²) in [6.07, 6.45) is 7.38. The Morgan fingerprint density at radius 1 is 1.14 bits per heavy atom. The Balaban J connectivity index is 0. The van der Waals surface area contributed by atoms with Crippen molar-refractivity contribution in [2.45, 2.75) is 80.2 Å². The van der Waals surface area contributed by atoms with Crippen LogP contribution >= 0.6 is 0 Å². The summed E-state index contributed by atoms with van der Waals surface area (Å²) < 4.78 is 0. The van der Waals surface area contributed by atoms with Crippen molar-refractivity contribution in [2.24, 2.45) is 5.41 Å². The van der Waals surface area contributed by atoms with Gasteiger partial charge in [0.2, 0.25) is 5.91 Å². The number of rotatable bonds is 8. The van der Waals surface area contributed by atoms with Crippen LogP contribution in [0.3, 0.4) is 0 Å². The largest absolute Gasteiger partial charge is 0.478 e. The lowest BCUT2D eigenvalue weighted by atomic mass is 9.84. The van der Waals surface area contributed by atoms with Crippen LogP contribution in [0.1, 0.15) is 72.8 Å². The Morgan fingerprint density at radius 2 is 1.63 bits per heavy atom. The summed E-state index contributed by atoms with van der Waals surface area (Å²) in [5, 5.41) is 14.7. The fourth-order valence-electron chi connectivity index (χ4n) is 2.41. The highest BCUT2D eigenvalue weighted by Crippen LogP contribution is 2.25. The molecule has 0 aliphatic heterocycles. The molecule has 0 radical (unpaired) electrons. The van der Waals surface area contributed by atoms with E-state index in [0.717, 1.165) is 5.70 Å². The van der Waals surface area contributed by atoms with E-state index >= 15 is 0 Å². The number of benzene rings is 1. The minimum atomic E-state index is -0.936. The van der Waals surface area contributed by atoms with Crippen LogP contribution in [0.25, 0.3) is 0 Å². The number of carboxylic acid groups (broad SMARTS) is 1. The molecule has 0 saturated heterocycles. The van der Waals surface area contributed by atoms with Gasteiger partial charge in [-0.3, -0.25) is 4.79 Å². The van der Waals surface area contributed by atoms with Crippen molar-refractivity contribution in [3.63, 3.8) is 0 Å². The number of nitrogens with zero attached hydrogens (tertiary/aromatic N) is 1. The Morgan fingerprint density at radius 3 is 1.94 bits per heavy atom. The first-order chi connectivity index (χ1) is 16.3. The molecule has 2 rings (SSSR count). The van der Waals surface area contributed by atoms with E-state index in [9.17, 15) is 9.59 Å². The van der Waals surface area contributed by atoms with Gasteiger partial charge in [-0.15, -0.1) is 0 Å². The van der Waals surface area contributed by atoms with Crippen molar-refractivity contribution in [2.75, 3.05) is 27.2 Å². The van der Waals surface area contributed by atoms with Crippen molar-refractivity contribution in [3.05, 3.63) is 59.8 Å². The molecule has 6 heteroatoms. The number of likely N-dealkylation sites (N-methyl/N-ethyl adjacent to an activating group) is 2. The Labute approximate surface area is 214 Å². The van der Waals surface area contributed by atoms with Crippen LogP contribution in [0.2, 0.25) is 0 Å². The maximum Gasteiger partial charge on any atom is 0.331 e. The standard InChI is InChI=1S/C16H29N3O3.C7H8.C3H6.C3H8/c1-11(15(21)22)8-9-19(7)12(2)14(16(3,4)5)18-13(20)10-17-6;1-7-5-3-2-4-6-7;1-2-3-1;1-3-2/h8,14,17H,2,9-10H2,1,3-7H3,(H,18,20)(H,21,22);2-6H,1H3;1-3H2;3H2,1-2H3/b11-8+;;;. The molecule has 6 nitrogen and oxygen atoms in total. The Hall–Kier alpha value is -2.60. The number of aryl methyl sites for hydroxylation is 1. The zero-order valence-electron chi connectivity index (χ0n) is 23.7. The minimum Gasteiger partial charge on any atom is -0.478 e. The molecule has 1 aliphatic carbocycles. The molecule has 35 heavy (non-hydrogen) atoms. The first-order valence-electron chi connectivity index (χ1n) is 12.6. The molecule has 3 N–H and O–H groups in total. The number of nitrogens with one attached hydrogen (secondary N) is 2. The van der Waals surface area contributed by atoms with Gasteiger partial charge in [-0.05, 0) is 26.3 Å². The van der Waals surface area contributed by atoms with Crippen molar-refractivity contribution >= 4 is 11.9 Å². The number of carbonyl (C=O) groups is 2. The van der Waals surface area contributed by atoms with Gasteiger partial charge in [-0.2, -0.15) is 0 Å². The van der Waals surface area contributed by atoms with Crippen molar-refractivity contribution < 1.29 is 14.7 Å². The van der Waals surface area contributed by atoms with E-state index in [1.165, 1.54) is 31.2 Å². The van der Waals surface area contributed by atoms with Gasteiger partial charge in [0.15, 0.2) is 0 Å². The summed E-state index contributed by atoms with van der Waals surface area (Å²) >= 11 is 0. The number of carboxylic acids is 1. The summed E-state index contributed by atoms with van der Waals surface area (Å²) in [4.78, 5) is 24.5. The van der Waals surface area contributed by atoms with Gasteiger partial charge in [0.1, 0.15) is 0 Å².